The summed E-state index contributed by atoms with van der Waals surface area (Å²) in [4.78, 5) is 0. The fourth-order valence-corrected chi connectivity index (χ4v) is 3.21. The van der Waals surface area contributed by atoms with Gasteiger partial charge in [-0.15, -0.1) is 0 Å². The Labute approximate surface area is 155 Å². The SMILES string of the molecule is CCCOc1c(Br)cc(CNc2cc(Cl)cc(Cl)c2)cc1OC. The number of benzene rings is 2. The van der Waals surface area contributed by atoms with Crippen molar-refractivity contribution in [3.63, 3.8) is 0 Å². The maximum atomic E-state index is 6.01. The van der Waals surface area contributed by atoms with Gasteiger partial charge in [-0.2, -0.15) is 0 Å². The molecule has 2 aromatic carbocycles. The molecule has 0 fully saturated rings. The second-order valence-electron chi connectivity index (χ2n) is 4.97. The molecule has 23 heavy (non-hydrogen) atoms. The topological polar surface area (TPSA) is 30.5 Å². The van der Waals surface area contributed by atoms with Crippen LogP contribution in [0.2, 0.25) is 10.0 Å². The van der Waals surface area contributed by atoms with Crippen molar-refractivity contribution in [3.05, 3.63) is 50.4 Å². The van der Waals surface area contributed by atoms with E-state index >= 15 is 0 Å². The Bertz CT molecular complexity index is 660. The molecule has 0 bridgehead atoms. The third-order valence-electron chi connectivity index (χ3n) is 3.10. The molecular formula is C17H18BrCl2NO2. The van der Waals surface area contributed by atoms with Crippen LogP contribution in [0, 0.1) is 0 Å². The van der Waals surface area contributed by atoms with E-state index in [0.29, 0.717) is 28.9 Å². The predicted molar refractivity (Wildman–Crippen MR) is 100 cm³/mol. The zero-order valence-electron chi connectivity index (χ0n) is 13.0. The van der Waals surface area contributed by atoms with Crippen LogP contribution in [0.4, 0.5) is 5.69 Å². The molecular weight excluding hydrogens is 401 g/mol. The van der Waals surface area contributed by atoms with Crippen LogP contribution >= 0.6 is 39.1 Å². The maximum absolute atomic E-state index is 6.01. The summed E-state index contributed by atoms with van der Waals surface area (Å²) in [6.45, 7) is 3.32. The van der Waals surface area contributed by atoms with Crippen LogP contribution in [0.15, 0.2) is 34.8 Å². The van der Waals surface area contributed by atoms with Gasteiger partial charge < -0.3 is 14.8 Å². The minimum absolute atomic E-state index is 0.599. The van der Waals surface area contributed by atoms with Gasteiger partial charge in [-0.25, -0.2) is 0 Å². The summed E-state index contributed by atoms with van der Waals surface area (Å²) in [7, 11) is 1.63. The van der Waals surface area contributed by atoms with Crippen molar-refractivity contribution in [1.29, 1.82) is 0 Å². The molecule has 0 aliphatic carbocycles. The highest BCUT2D eigenvalue weighted by Crippen LogP contribution is 2.37. The second-order valence-corrected chi connectivity index (χ2v) is 6.70. The van der Waals surface area contributed by atoms with Crippen LogP contribution in [0.3, 0.4) is 0 Å². The monoisotopic (exact) mass is 417 g/mol. The number of anilines is 1. The Hall–Kier alpha value is -1.10. The van der Waals surface area contributed by atoms with E-state index in [4.69, 9.17) is 32.7 Å². The van der Waals surface area contributed by atoms with Crippen molar-refractivity contribution in [2.45, 2.75) is 19.9 Å². The van der Waals surface area contributed by atoms with Gasteiger partial charge in [0.2, 0.25) is 0 Å². The molecule has 1 N–H and O–H groups in total. The van der Waals surface area contributed by atoms with Crippen molar-refractivity contribution < 1.29 is 9.47 Å². The van der Waals surface area contributed by atoms with Crippen LogP contribution in [-0.2, 0) is 6.54 Å². The van der Waals surface area contributed by atoms with Gasteiger partial charge in [0.05, 0.1) is 18.2 Å². The number of halogens is 3. The number of hydrogen-bond donors (Lipinski definition) is 1. The lowest BCUT2D eigenvalue weighted by atomic mass is 10.2. The first kappa shape index (κ1) is 18.2. The van der Waals surface area contributed by atoms with Crippen molar-refractivity contribution in [2.75, 3.05) is 19.0 Å². The molecule has 2 rings (SSSR count). The van der Waals surface area contributed by atoms with Gasteiger partial charge in [0.1, 0.15) is 0 Å². The van der Waals surface area contributed by atoms with Crippen LogP contribution in [-0.4, -0.2) is 13.7 Å². The van der Waals surface area contributed by atoms with E-state index in [2.05, 4.69) is 28.2 Å². The highest BCUT2D eigenvalue weighted by atomic mass is 79.9. The third kappa shape index (κ3) is 5.20. The number of methoxy groups -OCH3 is 1. The van der Waals surface area contributed by atoms with E-state index in [9.17, 15) is 0 Å². The molecule has 0 spiro atoms. The summed E-state index contributed by atoms with van der Waals surface area (Å²) in [5, 5.41) is 4.50. The molecule has 124 valence electrons. The first-order valence-electron chi connectivity index (χ1n) is 7.22. The zero-order valence-corrected chi connectivity index (χ0v) is 16.1. The quantitative estimate of drug-likeness (QED) is 0.583. The van der Waals surface area contributed by atoms with Crippen LogP contribution in [0.25, 0.3) is 0 Å². The third-order valence-corrected chi connectivity index (χ3v) is 4.12. The second kappa shape index (κ2) is 8.67. The first-order valence-corrected chi connectivity index (χ1v) is 8.77. The molecule has 0 aliphatic rings. The molecule has 0 radical (unpaired) electrons. The summed E-state index contributed by atoms with van der Waals surface area (Å²) in [6.07, 6.45) is 0.939. The molecule has 0 saturated heterocycles. The summed E-state index contributed by atoms with van der Waals surface area (Å²) < 4.78 is 12.0. The highest BCUT2D eigenvalue weighted by molar-refractivity contribution is 9.10. The highest BCUT2D eigenvalue weighted by Gasteiger charge is 2.11. The number of ether oxygens (including phenoxy) is 2. The Morgan fingerprint density at radius 1 is 1.09 bits per heavy atom. The van der Waals surface area contributed by atoms with Gasteiger partial charge in [-0.1, -0.05) is 30.1 Å². The van der Waals surface area contributed by atoms with E-state index in [1.54, 1.807) is 13.2 Å². The van der Waals surface area contributed by atoms with E-state index in [-0.39, 0.29) is 0 Å². The minimum atomic E-state index is 0.599. The predicted octanol–water partition coefficient (Wildman–Crippen LogP) is 6.17. The fraction of sp³-hybridized carbons (Fsp3) is 0.294. The lowest BCUT2D eigenvalue weighted by molar-refractivity contribution is 0.292. The molecule has 6 heteroatoms. The van der Waals surface area contributed by atoms with E-state index in [1.165, 1.54) is 0 Å². The fourth-order valence-electron chi connectivity index (χ4n) is 2.08. The Kier molecular flexibility index (Phi) is 6.88. The average Bonchev–Trinajstić information content (AvgIpc) is 2.50. The molecule has 0 aliphatic heterocycles. The van der Waals surface area contributed by atoms with Gasteiger partial charge in [0, 0.05) is 22.3 Å². The lowest BCUT2D eigenvalue weighted by Crippen LogP contribution is -2.03. The van der Waals surface area contributed by atoms with Crippen LogP contribution < -0.4 is 14.8 Å². The van der Waals surface area contributed by atoms with Gasteiger partial charge in [0.15, 0.2) is 11.5 Å². The molecule has 0 heterocycles. The van der Waals surface area contributed by atoms with Gasteiger partial charge in [-0.3, -0.25) is 0 Å². The maximum Gasteiger partial charge on any atom is 0.175 e. The van der Waals surface area contributed by atoms with Gasteiger partial charge in [0.25, 0.3) is 0 Å². The summed E-state index contributed by atoms with van der Waals surface area (Å²) in [5.41, 5.74) is 1.91. The Balaban J connectivity index is 2.15. The van der Waals surface area contributed by atoms with Crippen LogP contribution in [0.5, 0.6) is 11.5 Å². The van der Waals surface area contributed by atoms with Crippen molar-refractivity contribution in [1.82, 2.24) is 0 Å². The Morgan fingerprint density at radius 3 is 2.39 bits per heavy atom. The van der Waals surface area contributed by atoms with Crippen LogP contribution in [0.1, 0.15) is 18.9 Å². The zero-order chi connectivity index (χ0) is 16.8. The first-order chi connectivity index (χ1) is 11.0. The van der Waals surface area contributed by atoms with Crippen molar-refractivity contribution in [3.8, 4) is 11.5 Å². The smallest absolute Gasteiger partial charge is 0.175 e. The summed E-state index contributed by atoms with van der Waals surface area (Å²) in [5.74, 6) is 1.43. The van der Waals surface area contributed by atoms with Crippen molar-refractivity contribution >= 4 is 44.8 Å². The van der Waals surface area contributed by atoms with Gasteiger partial charge >= 0.3 is 0 Å². The molecule has 0 amide bonds. The standard InChI is InChI=1S/C17H18BrCl2NO2/c1-3-4-23-17-15(18)5-11(6-16(17)22-2)10-21-14-8-12(19)7-13(20)9-14/h5-9,21H,3-4,10H2,1-2H3. The molecule has 0 atom stereocenters. The molecule has 3 nitrogen and oxygen atoms in total. The van der Waals surface area contributed by atoms with E-state index in [1.807, 2.05) is 24.3 Å². The minimum Gasteiger partial charge on any atom is -0.493 e. The van der Waals surface area contributed by atoms with Gasteiger partial charge in [-0.05, 0) is 58.2 Å². The summed E-state index contributed by atoms with van der Waals surface area (Å²) in [6, 6.07) is 9.33. The number of rotatable bonds is 7. The molecule has 0 unspecified atom stereocenters. The Morgan fingerprint density at radius 2 is 1.78 bits per heavy atom. The lowest BCUT2D eigenvalue weighted by Gasteiger charge is -2.15. The number of hydrogen-bond acceptors (Lipinski definition) is 3. The van der Waals surface area contributed by atoms with E-state index in [0.717, 1.165) is 27.9 Å². The normalized spacial score (nSPS) is 10.5. The van der Waals surface area contributed by atoms with E-state index < -0.39 is 0 Å². The number of nitrogens with one attached hydrogen (secondary N) is 1. The van der Waals surface area contributed by atoms with Crippen molar-refractivity contribution in [2.24, 2.45) is 0 Å². The molecule has 2 aromatic rings. The largest absolute Gasteiger partial charge is 0.493 e. The summed E-state index contributed by atoms with van der Waals surface area (Å²) >= 11 is 15.6. The average molecular weight is 419 g/mol. The molecule has 0 aromatic heterocycles. The molecule has 0 saturated carbocycles.